The van der Waals surface area contributed by atoms with E-state index in [1.165, 1.54) is 12.4 Å². The zero-order valence-corrected chi connectivity index (χ0v) is 11.8. The number of nitrogens with two attached hydrogens (primary N) is 1. The SMILES string of the molecule is CC1(N)CCCCC1C(=O)Nc1cnn(CC(F)(F)F)c1. The summed E-state index contributed by atoms with van der Waals surface area (Å²) in [5.74, 6) is -0.594. The van der Waals surface area contributed by atoms with Crippen LogP contribution in [0.15, 0.2) is 12.4 Å². The summed E-state index contributed by atoms with van der Waals surface area (Å²) in [6.45, 7) is 0.657. The minimum absolute atomic E-state index is 0.255. The minimum Gasteiger partial charge on any atom is -0.325 e. The Hall–Kier alpha value is -1.57. The Bertz CT molecular complexity index is 510. The standard InChI is InChI=1S/C13H19F3N4O/c1-12(17)5-3-2-4-10(12)11(21)19-9-6-18-20(7-9)8-13(14,15)16/h6-7,10H,2-5,8,17H2,1H3,(H,19,21). The van der Waals surface area contributed by atoms with Crippen LogP contribution in [0.25, 0.3) is 0 Å². The lowest BCUT2D eigenvalue weighted by Crippen LogP contribution is -2.51. The maximum atomic E-state index is 12.2. The number of anilines is 1. The number of rotatable bonds is 3. The molecule has 3 N–H and O–H groups in total. The van der Waals surface area contributed by atoms with Crippen molar-refractivity contribution < 1.29 is 18.0 Å². The van der Waals surface area contributed by atoms with Crippen LogP contribution in [0.1, 0.15) is 32.6 Å². The number of carbonyl (C=O) groups is 1. The largest absolute Gasteiger partial charge is 0.408 e. The van der Waals surface area contributed by atoms with Crippen LogP contribution in [-0.4, -0.2) is 27.4 Å². The molecule has 1 fully saturated rings. The van der Waals surface area contributed by atoms with Crippen LogP contribution < -0.4 is 11.1 Å². The van der Waals surface area contributed by atoms with Gasteiger partial charge in [0.15, 0.2) is 0 Å². The van der Waals surface area contributed by atoms with Gasteiger partial charge in [0.2, 0.25) is 5.91 Å². The van der Waals surface area contributed by atoms with Gasteiger partial charge in [-0.05, 0) is 19.8 Å². The van der Waals surface area contributed by atoms with Crippen molar-refractivity contribution in [2.24, 2.45) is 11.7 Å². The first-order valence-electron chi connectivity index (χ1n) is 6.86. The fourth-order valence-corrected chi connectivity index (χ4v) is 2.72. The zero-order valence-electron chi connectivity index (χ0n) is 11.8. The molecule has 0 spiro atoms. The van der Waals surface area contributed by atoms with Gasteiger partial charge in [-0.15, -0.1) is 0 Å². The van der Waals surface area contributed by atoms with Crippen LogP contribution in [0, 0.1) is 5.92 Å². The van der Waals surface area contributed by atoms with Crippen molar-refractivity contribution in [3.05, 3.63) is 12.4 Å². The van der Waals surface area contributed by atoms with E-state index in [2.05, 4.69) is 10.4 Å². The highest BCUT2D eigenvalue weighted by Gasteiger charge is 2.38. The fourth-order valence-electron chi connectivity index (χ4n) is 2.72. The van der Waals surface area contributed by atoms with Crippen molar-refractivity contribution in [1.82, 2.24) is 9.78 Å². The molecule has 0 radical (unpaired) electrons. The highest BCUT2D eigenvalue weighted by Crippen LogP contribution is 2.32. The predicted molar refractivity (Wildman–Crippen MR) is 71.5 cm³/mol. The van der Waals surface area contributed by atoms with E-state index in [1.54, 1.807) is 0 Å². The Labute approximate surface area is 120 Å². The van der Waals surface area contributed by atoms with Gasteiger partial charge in [-0.1, -0.05) is 12.8 Å². The Balaban J connectivity index is 2.00. The van der Waals surface area contributed by atoms with Gasteiger partial charge in [-0.25, -0.2) is 0 Å². The molecule has 2 atom stereocenters. The number of carbonyl (C=O) groups excluding carboxylic acids is 1. The molecule has 1 aliphatic carbocycles. The first kappa shape index (κ1) is 15.8. The van der Waals surface area contributed by atoms with E-state index in [0.29, 0.717) is 6.42 Å². The van der Waals surface area contributed by atoms with Crippen molar-refractivity contribution in [3.63, 3.8) is 0 Å². The number of halogens is 3. The average Bonchev–Trinajstić information content (AvgIpc) is 2.73. The summed E-state index contributed by atoms with van der Waals surface area (Å²) >= 11 is 0. The Morgan fingerprint density at radius 3 is 2.90 bits per heavy atom. The summed E-state index contributed by atoms with van der Waals surface area (Å²) in [6, 6.07) is 0. The summed E-state index contributed by atoms with van der Waals surface area (Å²) in [4.78, 5) is 12.2. The van der Waals surface area contributed by atoms with Gasteiger partial charge < -0.3 is 11.1 Å². The molecule has 1 aromatic heterocycles. The van der Waals surface area contributed by atoms with E-state index in [4.69, 9.17) is 5.73 Å². The highest BCUT2D eigenvalue weighted by atomic mass is 19.4. The van der Waals surface area contributed by atoms with Gasteiger partial charge in [-0.3, -0.25) is 9.48 Å². The molecule has 1 saturated carbocycles. The Morgan fingerprint density at radius 2 is 2.29 bits per heavy atom. The van der Waals surface area contributed by atoms with E-state index >= 15 is 0 Å². The molecule has 21 heavy (non-hydrogen) atoms. The lowest BCUT2D eigenvalue weighted by molar-refractivity contribution is -0.142. The van der Waals surface area contributed by atoms with Gasteiger partial charge in [0.05, 0.1) is 17.8 Å². The lowest BCUT2D eigenvalue weighted by atomic mass is 9.74. The summed E-state index contributed by atoms with van der Waals surface area (Å²) < 4.78 is 37.5. The maximum Gasteiger partial charge on any atom is 0.408 e. The third-order valence-electron chi connectivity index (χ3n) is 3.81. The van der Waals surface area contributed by atoms with Crippen LogP contribution in [0.4, 0.5) is 18.9 Å². The third kappa shape index (κ3) is 4.20. The van der Waals surface area contributed by atoms with Crippen molar-refractivity contribution in [3.8, 4) is 0 Å². The van der Waals surface area contributed by atoms with Crippen LogP contribution in [0.2, 0.25) is 0 Å². The number of hydrogen-bond donors (Lipinski definition) is 2. The number of aromatic nitrogens is 2. The summed E-state index contributed by atoms with van der Waals surface area (Å²) in [6.07, 6.45) is 1.40. The second kappa shape index (κ2) is 5.67. The first-order chi connectivity index (χ1) is 9.67. The van der Waals surface area contributed by atoms with Crippen LogP contribution in [-0.2, 0) is 11.3 Å². The fraction of sp³-hybridized carbons (Fsp3) is 0.692. The number of alkyl halides is 3. The molecule has 118 valence electrons. The molecule has 1 amide bonds. The lowest BCUT2D eigenvalue weighted by Gasteiger charge is -2.37. The van der Waals surface area contributed by atoms with Crippen molar-refractivity contribution in [2.75, 3.05) is 5.32 Å². The first-order valence-corrected chi connectivity index (χ1v) is 6.86. The predicted octanol–water partition coefficient (Wildman–Crippen LogP) is 2.29. The smallest absolute Gasteiger partial charge is 0.325 e. The maximum absolute atomic E-state index is 12.2. The molecule has 0 aliphatic heterocycles. The molecule has 2 rings (SSSR count). The van der Waals surface area contributed by atoms with Crippen LogP contribution >= 0.6 is 0 Å². The molecular formula is C13H19F3N4O. The number of nitrogens with zero attached hydrogens (tertiary/aromatic N) is 2. The molecule has 8 heteroatoms. The van der Waals surface area contributed by atoms with Gasteiger partial charge in [0, 0.05) is 11.7 Å². The molecule has 1 aromatic rings. The molecular weight excluding hydrogens is 285 g/mol. The Kier molecular flexibility index (Phi) is 4.27. The summed E-state index contributed by atoms with van der Waals surface area (Å²) in [5, 5.41) is 6.19. The molecule has 2 unspecified atom stereocenters. The van der Waals surface area contributed by atoms with Gasteiger partial charge in [0.25, 0.3) is 0 Å². The second-order valence-electron chi connectivity index (χ2n) is 5.84. The van der Waals surface area contributed by atoms with E-state index in [1.807, 2.05) is 6.92 Å². The molecule has 0 bridgehead atoms. The van der Waals surface area contributed by atoms with Gasteiger partial charge in [0.1, 0.15) is 6.54 Å². The van der Waals surface area contributed by atoms with Crippen molar-refractivity contribution >= 4 is 11.6 Å². The Morgan fingerprint density at radius 1 is 1.57 bits per heavy atom. The van der Waals surface area contributed by atoms with Crippen molar-refractivity contribution in [2.45, 2.75) is 50.9 Å². The molecule has 5 nitrogen and oxygen atoms in total. The van der Waals surface area contributed by atoms with E-state index in [-0.39, 0.29) is 17.5 Å². The van der Waals surface area contributed by atoms with E-state index in [9.17, 15) is 18.0 Å². The van der Waals surface area contributed by atoms with E-state index < -0.39 is 18.3 Å². The van der Waals surface area contributed by atoms with Gasteiger partial charge >= 0.3 is 6.18 Å². The molecule has 0 aromatic carbocycles. The monoisotopic (exact) mass is 304 g/mol. The highest BCUT2D eigenvalue weighted by molar-refractivity contribution is 5.93. The zero-order chi connectivity index (χ0) is 15.7. The second-order valence-corrected chi connectivity index (χ2v) is 5.84. The number of hydrogen-bond acceptors (Lipinski definition) is 3. The third-order valence-corrected chi connectivity index (χ3v) is 3.81. The average molecular weight is 304 g/mol. The molecule has 0 saturated heterocycles. The summed E-state index contributed by atoms with van der Waals surface area (Å²) in [5.41, 5.74) is 5.81. The van der Waals surface area contributed by atoms with Crippen LogP contribution in [0.3, 0.4) is 0 Å². The minimum atomic E-state index is -4.34. The summed E-state index contributed by atoms with van der Waals surface area (Å²) in [7, 11) is 0. The normalized spacial score (nSPS) is 26.6. The molecule has 1 aliphatic rings. The number of nitrogens with one attached hydrogen (secondary N) is 1. The molecule has 1 heterocycles. The number of amides is 1. The topological polar surface area (TPSA) is 72.9 Å². The van der Waals surface area contributed by atoms with Crippen LogP contribution in [0.5, 0.6) is 0 Å². The van der Waals surface area contributed by atoms with Crippen molar-refractivity contribution in [1.29, 1.82) is 0 Å². The van der Waals surface area contributed by atoms with E-state index in [0.717, 1.165) is 23.9 Å². The quantitative estimate of drug-likeness (QED) is 0.900. The van der Waals surface area contributed by atoms with Gasteiger partial charge in [-0.2, -0.15) is 18.3 Å².